The third-order valence-electron chi connectivity index (χ3n) is 4.09. The summed E-state index contributed by atoms with van der Waals surface area (Å²) in [5.41, 5.74) is 0.999. The van der Waals surface area contributed by atoms with Gasteiger partial charge < -0.3 is 9.64 Å². The van der Waals surface area contributed by atoms with Crippen LogP contribution in [0.15, 0.2) is 30.3 Å². The molecule has 2 rings (SSSR count). The van der Waals surface area contributed by atoms with Gasteiger partial charge in [0.15, 0.2) is 0 Å². The highest BCUT2D eigenvalue weighted by molar-refractivity contribution is 5.68. The molecule has 1 aliphatic rings. The number of carbonyl (C=O) groups excluding carboxylic acids is 1. The topological polar surface area (TPSA) is 29.5 Å². The zero-order chi connectivity index (χ0) is 16.0. The standard InChI is InChI=1S/C19H29NO2/c1-19(2,3)22-18(21)20-14-8-13-17(15-20)12-7-11-16-9-5-4-6-10-16/h4-6,9-10,17H,7-8,11-15H2,1-3H3. The fourth-order valence-corrected chi connectivity index (χ4v) is 3.03. The predicted octanol–water partition coefficient (Wildman–Crippen LogP) is 4.66. The summed E-state index contributed by atoms with van der Waals surface area (Å²) >= 11 is 0. The smallest absolute Gasteiger partial charge is 0.410 e. The monoisotopic (exact) mass is 303 g/mol. The van der Waals surface area contributed by atoms with Crippen molar-refractivity contribution in [1.29, 1.82) is 0 Å². The number of likely N-dealkylation sites (tertiary alicyclic amines) is 1. The van der Waals surface area contributed by atoms with Gasteiger partial charge in [-0.3, -0.25) is 0 Å². The van der Waals surface area contributed by atoms with Crippen LogP contribution in [0.5, 0.6) is 0 Å². The van der Waals surface area contributed by atoms with E-state index in [9.17, 15) is 4.79 Å². The van der Waals surface area contributed by atoms with Crippen molar-refractivity contribution in [2.45, 2.75) is 58.5 Å². The van der Waals surface area contributed by atoms with Crippen LogP contribution in [0.3, 0.4) is 0 Å². The first-order valence-electron chi connectivity index (χ1n) is 8.46. The van der Waals surface area contributed by atoms with Gasteiger partial charge in [0, 0.05) is 13.1 Å². The maximum Gasteiger partial charge on any atom is 0.410 e. The molecule has 0 radical (unpaired) electrons. The summed E-state index contributed by atoms with van der Waals surface area (Å²) in [5, 5.41) is 0. The van der Waals surface area contributed by atoms with Crippen molar-refractivity contribution >= 4 is 6.09 Å². The van der Waals surface area contributed by atoms with E-state index in [1.807, 2.05) is 25.7 Å². The number of carbonyl (C=O) groups is 1. The van der Waals surface area contributed by atoms with Gasteiger partial charge in [-0.25, -0.2) is 4.79 Å². The van der Waals surface area contributed by atoms with Crippen molar-refractivity contribution < 1.29 is 9.53 Å². The summed E-state index contributed by atoms with van der Waals surface area (Å²) in [6.07, 6.45) is 5.68. The van der Waals surface area contributed by atoms with Crippen molar-refractivity contribution in [2.75, 3.05) is 13.1 Å². The zero-order valence-electron chi connectivity index (χ0n) is 14.2. The van der Waals surface area contributed by atoms with E-state index in [1.165, 1.54) is 24.8 Å². The quantitative estimate of drug-likeness (QED) is 0.810. The lowest BCUT2D eigenvalue weighted by Crippen LogP contribution is -2.42. The van der Waals surface area contributed by atoms with Crippen molar-refractivity contribution in [3.05, 3.63) is 35.9 Å². The van der Waals surface area contributed by atoms with Crippen molar-refractivity contribution in [3.8, 4) is 0 Å². The van der Waals surface area contributed by atoms with Crippen molar-refractivity contribution in [3.63, 3.8) is 0 Å². The molecule has 0 N–H and O–H groups in total. The van der Waals surface area contributed by atoms with E-state index in [1.54, 1.807) is 0 Å². The lowest BCUT2D eigenvalue weighted by Gasteiger charge is -2.34. The van der Waals surface area contributed by atoms with E-state index in [2.05, 4.69) is 30.3 Å². The van der Waals surface area contributed by atoms with Crippen molar-refractivity contribution in [1.82, 2.24) is 4.90 Å². The van der Waals surface area contributed by atoms with Crippen LogP contribution in [0.1, 0.15) is 52.0 Å². The molecule has 1 aromatic rings. The number of rotatable bonds is 4. The first kappa shape index (κ1) is 16.9. The van der Waals surface area contributed by atoms with Gasteiger partial charge in [-0.2, -0.15) is 0 Å². The lowest BCUT2D eigenvalue weighted by atomic mass is 9.92. The third kappa shape index (κ3) is 5.70. The molecular weight excluding hydrogens is 274 g/mol. The highest BCUT2D eigenvalue weighted by atomic mass is 16.6. The fourth-order valence-electron chi connectivity index (χ4n) is 3.03. The molecular formula is C19H29NO2. The molecule has 0 aromatic heterocycles. The number of hydrogen-bond acceptors (Lipinski definition) is 2. The van der Waals surface area contributed by atoms with E-state index >= 15 is 0 Å². The summed E-state index contributed by atoms with van der Waals surface area (Å²) in [6.45, 7) is 7.46. The maximum atomic E-state index is 12.2. The highest BCUT2D eigenvalue weighted by Crippen LogP contribution is 2.23. The van der Waals surface area contributed by atoms with Gasteiger partial charge in [0.25, 0.3) is 0 Å². The van der Waals surface area contributed by atoms with Crippen LogP contribution in [0, 0.1) is 5.92 Å². The van der Waals surface area contributed by atoms with Gasteiger partial charge >= 0.3 is 6.09 Å². The summed E-state index contributed by atoms with van der Waals surface area (Å²) in [7, 11) is 0. The Morgan fingerprint density at radius 2 is 2.00 bits per heavy atom. The summed E-state index contributed by atoms with van der Waals surface area (Å²) in [6, 6.07) is 10.6. The molecule has 1 unspecified atom stereocenters. The molecule has 1 atom stereocenters. The first-order valence-corrected chi connectivity index (χ1v) is 8.46. The molecule has 3 heteroatoms. The predicted molar refractivity (Wildman–Crippen MR) is 89.9 cm³/mol. The Hall–Kier alpha value is -1.51. The minimum Gasteiger partial charge on any atom is -0.444 e. The van der Waals surface area contributed by atoms with Crippen LogP contribution in [0.4, 0.5) is 4.79 Å². The fraction of sp³-hybridized carbons (Fsp3) is 0.632. The van der Waals surface area contributed by atoms with Gasteiger partial charge in [-0.1, -0.05) is 30.3 Å². The van der Waals surface area contributed by atoms with E-state index in [0.29, 0.717) is 5.92 Å². The van der Waals surface area contributed by atoms with E-state index in [-0.39, 0.29) is 6.09 Å². The van der Waals surface area contributed by atoms with Crippen LogP contribution >= 0.6 is 0 Å². The molecule has 1 aliphatic heterocycles. The lowest BCUT2D eigenvalue weighted by molar-refractivity contribution is 0.0161. The first-order chi connectivity index (χ1) is 10.4. The molecule has 1 heterocycles. The number of nitrogens with zero attached hydrogens (tertiary/aromatic N) is 1. The molecule has 0 saturated carbocycles. The van der Waals surface area contributed by atoms with E-state index in [4.69, 9.17) is 4.74 Å². The number of benzene rings is 1. The Morgan fingerprint density at radius 3 is 2.68 bits per heavy atom. The average molecular weight is 303 g/mol. The molecule has 122 valence electrons. The number of aryl methyl sites for hydroxylation is 1. The Labute approximate surface area is 134 Å². The van der Waals surface area contributed by atoms with Crippen LogP contribution in [0.2, 0.25) is 0 Å². The van der Waals surface area contributed by atoms with E-state index in [0.717, 1.165) is 25.9 Å². The van der Waals surface area contributed by atoms with Gasteiger partial charge in [0.1, 0.15) is 5.60 Å². The molecule has 1 fully saturated rings. The molecule has 1 amide bonds. The largest absolute Gasteiger partial charge is 0.444 e. The Morgan fingerprint density at radius 1 is 1.27 bits per heavy atom. The summed E-state index contributed by atoms with van der Waals surface area (Å²) in [4.78, 5) is 14.0. The second-order valence-corrected chi connectivity index (χ2v) is 7.31. The number of piperidine rings is 1. The number of amides is 1. The number of ether oxygens (including phenoxy) is 1. The zero-order valence-corrected chi connectivity index (χ0v) is 14.2. The molecule has 3 nitrogen and oxygen atoms in total. The van der Waals surface area contributed by atoms with Gasteiger partial charge in [0.2, 0.25) is 0 Å². The van der Waals surface area contributed by atoms with Gasteiger partial charge in [-0.05, 0) is 64.4 Å². The van der Waals surface area contributed by atoms with Crippen LogP contribution in [-0.2, 0) is 11.2 Å². The van der Waals surface area contributed by atoms with Crippen molar-refractivity contribution in [2.24, 2.45) is 5.92 Å². The average Bonchev–Trinajstić information content (AvgIpc) is 2.47. The van der Waals surface area contributed by atoms with Gasteiger partial charge in [0.05, 0.1) is 0 Å². The maximum absolute atomic E-state index is 12.2. The SMILES string of the molecule is CC(C)(C)OC(=O)N1CCCC(CCCc2ccccc2)C1. The molecule has 22 heavy (non-hydrogen) atoms. The second kappa shape index (κ2) is 7.66. The number of hydrogen-bond donors (Lipinski definition) is 0. The van der Waals surface area contributed by atoms with Crippen LogP contribution in [0.25, 0.3) is 0 Å². The van der Waals surface area contributed by atoms with Crippen LogP contribution in [-0.4, -0.2) is 29.7 Å². The summed E-state index contributed by atoms with van der Waals surface area (Å²) in [5.74, 6) is 0.616. The Bertz CT molecular complexity index is 464. The molecule has 0 spiro atoms. The molecule has 1 saturated heterocycles. The highest BCUT2D eigenvalue weighted by Gasteiger charge is 2.27. The summed E-state index contributed by atoms with van der Waals surface area (Å²) < 4.78 is 5.49. The van der Waals surface area contributed by atoms with E-state index < -0.39 is 5.60 Å². The van der Waals surface area contributed by atoms with Crippen LogP contribution < -0.4 is 0 Å². The Kier molecular flexibility index (Phi) is 5.87. The van der Waals surface area contributed by atoms with Gasteiger partial charge in [-0.15, -0.1) is 0 Å². The third-order valence-corrected chi connectivity index (χ3v) is 4.09. The second-order valence-electron chi connectivity index (χ2n) is 7.31. The minimum atomic E-state index is -0.405. The molecule has 0 bridgehead atoms. The normalized spacial score (nSPS) is 19.0. The Balaban J connectivity index is 1.75. The molecule has 1 aromatic carbocycles. The molecule has 0 aliphatic carbocycles. The minimum absolute atomic E-state index is 0.153.